The highest BCUT2D eigenvalue weighted by atomic mass is 32.2. The molecular weight excluding hydrogens is 248 g/mol. The van der Waals surface area contributed by atoms with Crippen LogP contribution in [-0.2, 0) is 6.54 Å². The van der Waals surface area contributed by atoms with E-state index in [1.807, 2.05) is 24.9 Å². The molecule has 5 nitrogen and oxygen atoms in total. The minimum absolute atomic E-state index is 0.256. The predicted molar refractivity (Wildman–Crippen MR) is 74.1 cm³/mol. The van der Waals surface area contributed by atoms with Gasteiger partial charge >= 0.3 is 0 Å². The Morgan fingerprint density at radius 1 is 1.61 bits per heavy atom. The highest BCUT2D eigenvalue weighted by Gasteiger charge is 2.31. The third-order valence-corrected chi connectivity index (χ3v) is 4.91. The first kappa shape index (κ1) is 13.6. The average molecular weight is 268 g/mol. The smallest absolute Gasteiger partial charge is 0.131 e. The largest absolute Gasteiger partial charge is 0.396 e. The van der Waals surface area contributed by atoms with Crippen molar-refractivity contribution in [2.75, 3.05) is 18.2 Å². The van der Waals surface area contributed by atoms with Crippen LogP contribution in [0.15, 0.2) is 6.20 Å². The van der Waals surface area contributed by atoms with Crippen LogP contribution in [-0.4, -0.2) is 43.7 Å². The quantitative estimate of drug-likeness (QED) is 0.849. The zero-order valence-electron chi connectivity index (χ0n) is 10.8. The minimum Gasteiger partial charge on any atom is -0.396 e. The fourth-order valence-corrected chi connectivity index (χ4v) is 3.61. The SMILES string of the molecule is Cc1ncc(CN2CS[C@H](CCO)[C@@H]2C)c(N)n1. The van der Waals surface area contributed by atoms with Crippen LogP contribution in [0.25, 0.3) is 0 Å². The Morgan fingerprint density at radius 3 is 3.06 bits per heavy atom. The molecule has 2 rings (SSSR count). The van der Waals surface area contributed by atoms with Crippen LogP contribution in [0.1, 0.15) is 24.7 Å². The number of rotatable bonds is 4. The fraction of sp³-hybridized carbons (Fsp3) is 0.667. The zero-order chi connectivity index (χ0) is 13.1. The van der Waals surface area contributed by atoms with Crippen molar-refractivity contribution in [2.45, 2.75) is 38.1 Å². The predicted octanol–water partition coefficient (Wildman–Crippen LogP) is 1.01. The van der Waals surface area contributed by atoms with E-state index in [1.54, 1.807) is 0 Å². The number of aryl methyl sites for hydroxylation is 1. The number of anilines is 1. The molecule has 0 bridgehead atoms. The monoisotopic (exact) mass is 268 g/mol. The number of aromatic nitrogens is 2. The lowest BCUT2D eigenvalue weighted by Crippen LogP contribution is -2.32. The molecule has 0 aromatic carbocycles. The fourth-order valence-electron chi connectivity index (χ4n) is 2.18. The summed E-state index contributed by atoms with van der Waals surface area (Å²) in [5.74, 6) is 2.25. The molecule has 0 unspecified atom stereocenters. The lowest BCUT2D eigenvalue weighted by molar-refractivity contribution is 0.226. The third-order valence-electron chi connectivity index (χ3n) is 3.37. The molecular formula is C12H20N4OS. The van der Waals surface area contributed by atoms with E-state index in [0.29, 0.717) is 22.9 Å². The minimum atomic E-state index is 0.256. The number of nitrogens with zero attached hydrogens (tertiary/aromatic N) is 3. The number of aliphatic hydroxyl groups is 1. The molecule has 0 amide bonds. The summed E-state index contributed by atoms with van der Waals surface area (Å²) in [5.41, 5.74) is 6.90. The summed E-state index contributed by atoms with van der Waals surface area (Å²) in [6.07, 6.45) is 2.66. The van der Waals surface area contributed by atoms with Crippen LogP contribution in [0, 0.1) is 6.92 Å². The van der Waals surface area contributed by atoms with Crippen LogP contribution in [0.2, 0.25) is 0 Å². The van der Waals surface area contributed by atoms with Gasteiger partial charge in [0, 0.05) is 42.1 Å². The summed E-state index contributed by atoms with van der Waals surface area (Å²) in [5, 5.41) is 9.53. The normalized spacial score (nSPS) is 24.6. The summed E-state index contributed by atoms with van der Waals surface area (Å²) in [6, 6.07) is 0.447. The Kier molecular flexibility index (Phi) is 4.42. The van der Waals surface area contributed by atoms with E-state index in [2.05, 4.69) is 21.8 Å². The standard InChI is InChI=1S/C12H20N4OS/c1-8-11(3-4-17)18-7-16(8)6-10-5-14-9(2)15-12(10)13/h5,8,11,17H,3-4,6-7H2,1-2H3,(H2,13,14,15)/t8-,11+/m0/s1. The van der Waals surface area contributed by atoms with Crippen molar-refractivity contribution >= 4 is 17.6 Å². The van der Waals surface area contributed by atoms with Gasteiger partial charge in [0.1, 0.15) is 11.6 Å². The molecule has 18 heavy (non-hydrogen) atoms. The first-order valence-corrected chi connectivity index (χ1v) is 7.21. The van der Waals surface area contributed by atoms with Gasteiger partial charge in [-0.05, 0) is 20.3 Å². The van der Waals surface area contributed by atoms with Crippen molar-refractivity contribution in [2.24, 2.45) is 0 Å². The first-order chi connectivity index (χ1) is 8.61. The second kappa shape index (κ2) is 5.86. The Bertz CT molecular complexity index is 415. The molecule has 3 N–H and O–H groups in total. The zero-order valence-corrected chi connectivity index (χ0v) is 11.7. The van der Waals surface area contributed by atoms with Crippen molar-refractivity contribution in [3.8, 4) is 0 Å². The lowest BCUT2D eigenvalue weighted by atomic mass is 10.1. The van der Waals surface area contributed by atoms with Gasteiger partial charge in [-0.25, -0.2) is 9.97 Å². The van der Waals surface area contributed by atoms with Crippen molar-refractivity contribution < 1.29 is 5.11 Å². The number of hydrogen-bond donors (Lipinski definition) is 2. The van der Waals surface area contributed by atoms with Gasteiger partial charge in [0.25, 0.3) is 0 Å². The van der Waals surface area contributed by atoms with Gasteiger partial charge in [-0.15, -0.1) is 11.8 Å². The van der Waals surface area contributed by atoms with E-state index in [9.17, 15) is 0 Å². The molecule has 1 aliphatic heterocycles. The highest BCUT2D eigenvalue weighted by molar-refractivity contribution is 8.00. The average Bonchev–Trinajstić information content (AvgIpc) is 2.66. The molecule has 1 aromatic heterocycles. The van der Waals surface area contributed by atoms with Gasteiger partial charge in [0.05, 0.1) is 0 Å². The molecule has 0 aliphatic carbocycles. The number of thioether (sulfide) groups is 1. The first-order valence-electron chi connectivity index (χ1n) is 6.16. The van der Waals surface area contributed by atoms with Crippen LogP contribution in [0.4, 0.5) is 5.82 Å². The Labute approximate surface area is 112 Å². The Hall–Kier alpha value is -0.850. The van der Waals surface area contributed by atoms with Gasteiger partial charge in [0.15, 0.2) is 0 Å². The maximum Gasteiger partial charge on any atom is 0.131 e. The van der Waals surface area contributed by atoms with Gasteiger partial charge in [-0.2, -0.15) is 0 Å². The molecule has 1 aliphatic rings. The molecule has 0 saturated carbocycles. The van der Waals surface area contributed by atoms with E-state index in [-0.39, 0.29) is 6.61 Å². The summed E-state index contributed by atoms with van der Waals surface area (Å²) < 4.78 is 0. The van der Waals surface area contributed by atoms with E-state index in [0.717, 1.165) is 24.4 Å². The van der Waals surface area contributed by atoms with Crippen LogP contribution in [0.5, 0.6) is 0 Å². The van der Waals surface area contributed by atoms with Crippen molar-refractivity contribution in [3.63, 3.8) is 0 Å². The van der Waals surface area contributed by atoms with E-state index >= 15 is 0 Å². The summed E-state index contributed by atoms with van der Waals surface area (Å²) >= 11 is 1.90. The third kappa shape index (κ3) is 2.93. The van der Waals surface area contributed by atoms with Crippen molar-refractivity contribution in [1.82, 2.24) is 14.9 Å². The molecule has 2 heterocycles. The Balaban J connectivity index is 2.02. The molecule has 0 radical (unpaired) electrons. The van der Waals surface area contributed by atoms with Gasteiger partial charge < -0.3 is 10.8 Å². The number of hydrogen-bond acceptors (Lipinski definition) is 6. The topological polar surface area (TPSA) is 75.3 Å². The van der Waals surface area contributed by atoms with Crippen LogP contribution >= 0.6 is 11.8 Å². The summed E-state index contributed by atoms with van der Waals surface area (Å²) in [6.45, 7) is 5.07. The molecule has 6 heteroatoms. The van der Waals surface area contributed by atoms with Gasteiger partial charge in [-0.3, -0.25) is 4.90 Å². The molecule has 100 valence electrons. The molecule has 2 atom stereocenters. The van der Waals surface area contributed by atoms with E-state index < -0.39 is 0 Å². The van der Waals surface area contributed by atoms with E-state index in [4.69, 9.17) is 10.8 Å². The maximum atomic E-state index is 9.02. The molecule has 0 spiro atoms. The second-order valence-electron chi connectivity index (χ2n) is 4.66. The second-order valence-corrected chi connectivity index (χ2v) is 5.86. The highest BCUT2D eigenvalue weighted by Crippen LogP contribution is 2.32. The number of nitrogen functional groups attached to an aromatic ring is 1. The van der Waals surface area contributed by atoms with Crippen LogP contribution in [0.3, 0.4) is 0 Å². The summed E-state index contributed by atoms with van der Waals surface area (Å²) in [4.78, 5) is 10.7. The Morgan fingerprint density at radius 2 is 2.39 bits per heavy atom. The van der Waals surface area contributed by atoms with Gasteiger partial charge in [0.2, 0.25) is 0 Å². The van der Waals surface area contributed by atoms with E-state index in [1.165, 1.54) is 0 Å². The van der Waals surface area contributed by atoms with Gasteiger partial charge in [-0.1, -0.05) is 0 Å². The molecule has 1 fully saturated rings. The summed E-state index contributed by atoms with van der Waals surface area (Å²) in [7, 11) is 0. The molecule has 1 saturated heterocycles. The van der Waals surface area contributed by atoms with Crippen molar-refractivity contribution in [3.05, 3.63) is 17.6 Å². The molecule has 1 aromatic rings. The van der Waals surface area contributed by atoms with Crippen LogP contribution < -0.4 is 5.73 Å². The maximum absolute atomic E-state index is 9.02. The number of nitrogens with two attached hydrogens (primary N) is 1. The lowest BCUT2D eigenvalue weighted by Gasteiger charge is -2.23. The van der Waals surface area contributed by atoms with Crippen molar-refractivity contribution in [1.29, 1.82) is 0 Å². The number of aliphatic hydroxyl groups excluding tert-OH is 1.